The number of hydrogen-bond donors (Lipinski definition) is 1. The Kier molecular flexibility index (Phi) is 4.44. The van der Waals surface area contributed by atoms with Crippen molar-refractivity contribution in [2.45, 2.75) is 6.18 Å². The second-order valence-electron chi connectivity index (χ2n) is 5.71. The number of allylic oxidation sites excluding steroid dienone is 1. The maximum atomic E-state index is 12.8. The van der Waals surface area contributed by atoms with Crippen molar-refractivity contribution in [3.05, 3.63) is 40.9 Å². The van der Waals surface area contributed by atoms with Gasteiger partial charge < -0.3 is 9.64 Å². The lowest BCUT2D eigenvalue weighted by molar-refractivity contribution is -0.138. The minimum absolute atomic E-state index is 0.129. The molecule has 0 radical (unpaired) electrons. The van der Waals surface area contributed by atoms with Gasteiger partial charge in [0.2, 0.25) is 5.01 Å². The maximum Gasteiger partial charge on any atom is 0.445 e. The van der Waals surface area contributed by atoms with E-state index in [4.69, 9.17) is 4.74 Å². The summed E-state index contributed by atoms with van der Waals surface area (Å²) >= 11 is 0.466. The molecular weight excluding hydrogens is 383 g/mol. The van der Waals surface area contributed by atoms with Gasteiger partial charge in [0, 0.05) is 25.4 Å². The topological polar surface area (TPSA) is 79.3 Å². The molecule has 1 saturated heterocycles. The van der Waals surface area contributed by atoms with Crippen molar-refractivity contribution < 1.29 is 17.9 Å². The van der Waals surface area contributed by atoms with E-state index in [1.165, 1.54) is 12.5 Å². The number of anilines is 2. The van der Waals surface area contributed by atoms with Gasteiger partial charge in [-0.3, -0.25) is 5.43 Å². The van der Waals surface area contributed by atoms with E-state index in [9.17, 15) is 13.2 Å². The SMILES string of the molecule is C=C1C(c2nnc(C(F)(F)F)s2)=CNN1c1cc(N2CCOCC2)ncn1. The molecule has 1 fully saturated rings. The van der Waals surface area contributed by atoms with Gasteiger partial charge in [0.05, 0.1) is 24.5 Å². The predicted molar refractivity (Wildman–Crippen MR) is 92.7 cm³/mol. The largest absolute Gasteiger partial charge is 0.445 e. The third-order valence-corrected chi connectivity index (χ3v) is 5.02. The van der Waals surface area contributed by atoms with Crippen molar-refractivity contribution in [1.29, 1.82) is 0 Å². The molecule has 2 aromatic heterocycles. The van der Waals surface area contributed by atoms with E-state index in [1.807, 2.05) is 0 Å². The first-order chi connectivity index (χ1) is 12.9. The van der Waals surface area contributed by atoms with Crippen LogP contribution in [0.15, 0.2) is 30.9 Å². The number of nitrogens with one attached hydrogen (secondary N) is 1. The quantitative estimate of drug-likeness (QED) is 0.843. The highest BCUT2D eigenvalue weighted by Crippen LogP contribution is 2.37. The molecule has 0 aromatic carbocycles. The molecular formula is C15H14F3N7OS. The summed E-state index contributed by atoms with van der Waals surface area (Å²) < 4.78 is 43.6. The Balaban J connectivity index is 1.54. The second kappa shape index (κ2) is 6.78. The Bertz CT molecular complexity index is 892. The molecule has 0 spiro atoms. The average molecular weight is 397 g/mol. The third kappa shape index (κ3) is 3.45. The van der Waals surface area contributed by atoms with Gasteiger partial charge in [-0.2, -0.15) is 13.2 Å². The summed E-state index contributed by atoms with van der Waals surface area (Å²) in [7, 11) is 0. The zero-order valence-corrected chi connectivity index (χ0v) is 14.7. The zero-order valence-electron chi connectivity index (χ0n) is 13.9. The van der Waals surface area contributed by atoms with E-state index >= 15 is 0 Å². The van der Waals surface area contributed by atoms with Crippen molar-refractivity contribution in [1.82, 2.24) is 25.6 Å². The number of aromatic nitrogens is 4. The molecule has 0 aliphatic carbocycles. The first-order valence-corrected chi connectivity index (χ1v) is 8.77. The summed E-state index contributed by atoms with van der Waals surface area (Å²) in [5.41, 5.74) is 3.79. The number of hydrogen-bond acceptors (Lipinski definition) is 9. The van der Waals surface area contributed by atoms with Gasteiger partial charge >= 0.3 is 6.18 Å². The van der Waals surface area contributed by atoms with Gasteiger partial charge in [-0.25, -0.2) is 15.0 Å². The summed E-state index contributed by atoms with van der Waals surface area (Å²) in [5, 5.41) is 7.54. The first kappa shape index (κ1) is 17.7. The smallest absolute Gasteiger partial charge is 0.378 e. The Labute approximate surface area is 156 Å². The molecule has 4 rings (SSSR count). The van der Waals surface area contributed by atoms with Crippen LogP contribution >= 0.6 is 11.3 Å². The fourth-order valence-corrected chi connectivity index (χ4v) is 3.42. The average Bonchev–Trinajstić information content (AvgIpc) is 3.29. The van der Waals surface area contributed by atoms with Gasteiger partial charge in [0.25, 0.3) is 0 Å². The Hall–Kier alpha value is -2.73. The summed E-state index contributed by atoms with van der Waals surface area (Å²) in [5.74, 6) is 1.25. The monoisotopic (exact) mass is 397 g/mol. The Morgan fingerprint density at radius 1 is 1.15 bits per heavy atom. The van der Waals surface area contributed by atoms with Crippen LogP contribution in [-0.4, -0.2) is 46.5 Å². The van der Waals surface area contributed by atoms with Crippen LogP contribution in [0.25, 0.3) is 5.57 Å². The van der Waals surface area contributed by atoms with Crippen LogP contribution in [0.1, 0.15) is 10.0 Å². The fraction of sp³-hybridized carbons (Fsp3) is 0.333. The van der Waals surface area contributed by atoms with Crippen LogP contribution < -0.4 is 15.3 Å². The molecule has 2 aliphatic heterocycles. The van der Waals surface area contributed by atoms with Gasteiger partial charge in [-0.15, -0.1) is 10.2 Å². The summed E-state index contributed by atoms with van der Waals surface area (Å²) in [4.78, 5) is 10.6. The third-order valence-electron chi connectivity index (χ3n) is 4.02. The van der Waals surface area contributed by atoms with Gasteiger partial charge in [0.15, 0.2) is 10.8 Å². The number of rotatable bonds is 3. The highest BCUT2D eigenvalue weighted by Gasteiger charge is 2.37. The second-order valence-corrected chi connectivity index (χ2v) is 6.69. The number of halogens is 3. The fourth-order valence-electron chi connectivity index (χ4n) is 2.67. The van der Waals surface area contributed by atoms with E-state index in [0.29, 0.717) is 41.6 Å². The molecule has 0 atom stereocenters. The molecule has 2 aromatic rings. The maximum absolute atomic E-state index is 12.8. The van der Waals surface area contributed by atoms with Gasteiger partial charge in [-0.1, -0.05) is 17.9 Å². The molecule has 4 heterocycles. The standard InChI is InChI=1S/C15H14F3N7OS/c1-9-10(13-22-23-14(27-13)15(16,17)18)7-21-25(9)12-6-11(19-8-20-12)24-2-4-26-5-3-24/h6-8,21H,1-5H2. The van der Waals surface area contributed by atoms with Crippen molar-refractivity contribution in [2.75, 3.05) is 36.2 Å². The molecule has 1 N–H and O–H groups in total. The number of nitrogens with zero attached hydrogens (tertiary/aromatic N) is 6. The predicted octanol–water partition coefficient (Wildman–Crippen LogP) is 2.06. The number of hydrazine groups is 1. The molecule has 142 valence electrons. The zero-order chi connectivity index (χ0) is 19.0. The summed E-state index contributed by atoms with van der Waals surface area (Å²) in [6, 6.07) is 1.78. The lowest BCUT2D eigenvalue weighted by Gasteiger charge is -2.28. The number of alkyl halides is 3. The van der Waals surface area contributed by atoms with Crippen LogP contribution in [0.4, 0.5) is 24.8 Å². The number of ether oxygens (including phenoxy) is 1. The van der Waals surface area contributed by atoms with Crippen LogP contribution in [0.3, 0.4) is 0 Å². The van der Waals surface area contributed by atoms with Crippen molar-refractivity contribution in [3.63, 3.8) is 0 Å². The van der Waals surface area contributed by atoms with E-state index < -0.39 is 11.2 Å². The Morgan fingerprint density at radius 2 is 1.89 bits per heavy atom. The van der Waals surface area contributed by atoms with E-state index in [1.54, 1.807) is 11.1 Å². The highest BCUT2D eigenvalue weighted by atomic mass is 32.1. The minimum Gasteiger partial charge on any atom is -0.378 e. The van der Waals surface area contributed by atoms with Crippen LogP contribution in [0, 0.1) is 0 Å². The van der Waals surface area contributed by atoms with Crippen molar-refractivity contribution >= 4 is 28.5 Å². The molecule has 0 amide bonds. The highest BCUT2D eigenvalue weighted by molar-refractivity contribution is 7.12. The summed E-state index contributed by atoms with van der Waals surface area (Å²) in [6.45, 7) is 6.63. The van der Waals surface area contributed by atoms with Gasteiger partial charge in [0.1, 0.15) is 12.1 Å². The minimum atomic E-state index is -4.52. The molecule has 0 bridgehead atoms. The first-order valence-electron chi connectivity index (χ1n) is 7.95. The van der Waals surface area contributed by atoms with Crippen molar-refractivity contribution in [3.8, 4) is 0 Å². The van der Waals surface area contributed by atoms with E-state index in [2.05, 4.69) is 37.1 Å². The Morgan fingerprint density at radius 3 is 2.59 bits per heavy atom. The van der Waals surface area contributed by atoms with E-state index in [0.717, 1.165) is 18.9 Å². The molecule has 0 saturated carbocycles. The molecule has 8 nitrogen and oxygen atoms in total. The van der Waals surface area contributed by atoms with Crippen LogP contribution in [0.5, 0.6) is 0 Å². The lowest BCUT2D eigenvalue weighted by Crippen LogP contribution is -2.37. The molecule has 0 unspecified atom stereocenters. The van der Waals surface area contributed by atoms with Crippen LogP contribution in [-0.2, 0) is 10.9 Å². The van der Waals surface area contributed by atoms with E-state index in [-0.39, 0.29) is 5.01 Å². The van der Waals surface area contributed by atoms with Crippen molar-refractivity contribution in [2.24, 2.45) is 0 Å². The normalized spacial score (nSPS) is 17.9. The lowest BCUT2D eigenvalue weighted by atomic mass is 10.2. The van der Waals surface area contributed by atoms with Gasteiger partial charge in [-0.05, 0) is 0 Å². The van der Waals surface area contributed by atoms with Crippen LogP contribution in [0.2, 0.25) is 0 Å². The molecule has 12 heteroatoms. The molecule has 2 aliphatic rings. The molecule has 27 heavy (non-hydrogen) atoms. The summed E-state index contributed by atoms with van der Waals surface area (Å²) in [6.07, 6.45) is -1.57. The number of morpholine rings is 1.